The van der Waals surface area contributed by atoms with Gasteiger partial charge < -0.3 is 14.8 Å². The van der Waals surface area contributed by atoms with Crippen LogP contribution in [0.5, 0.6) is 11.5 Å². The third-order valence-corrected chi connectivity index (χ3v) is 4.68. The predicted molar refractivity (Wildman–Crippen MR) is 91.6 cm³/mol. The molecule has 1 unspecified atom stereocenters. The lowest BCUT2D eigenvalue weighted by Gasteiger charge is -2.26. The van der Waals surface area contributed by atoms with Crippen molar-refractivity contribution >= 4 is 5.91 Å². The van der Waals surface area contributed by atoms with Crippen molar-refractivity contribution in [2.24, 2.45) is 0 Å². The van der Waals surface area contributed by atoms with Crippen LogP contribution in [-0.4, -0.2) is 19.1 Å². The lowest BCUT2D eigenvalue weighted by molar-refractivity contribution is 0.0932. The Balaban J connectivity index is 1.54. The summed E-state index contributed by atoms with van der Waals surface area (Å²) in [6, 6.07) is 13.9. The molecule has 124 valence electrons. The molecule has 0 spiro atoms. The van der Waals surface area contributed by atoms with E-state index in [1.165, 1.54) is 11.1 Å². The van der Waals surface area contributed by atoms with E-state index in [2.05, 4.69) is 23.5 Å². The minimum Gasteiger partial charge on any atom is -0.490 e. The summed E-state index contributed by atoms with van der Waals surface area (Å²) in [5, 5.41) is 3.18. The van der Waals surface area contributed by atoms with Crippen LogP contribution in [0.25, 0.3) is 0 Å². The van der Waals surface area contributed by atoms with E-state index < -0.39 is 0 Å². The first-order chi connectivity index (χ1) is 11.8. The molecule has 0 saturated heterocycles. The van der Waals surface area contributed by atoms with Crippen LogP contribution in [0.2, 0.25) is 0 Å². The summed E-state index contributed by atoms with van der Waals surface area (Å²) < 4.78 is 11.3. The fourth-order valence-corrected chi connectivity index (χ4v) is 3.45. The van der Waals surface area contributed by atoms with Gasteiger partial charge in [-0.05, 0) is 48.6 Å². The molecule has 1 N–H and O–H groups in total. The number of ether oxygens (including phenoxy) is 2. The van der Waals surface area contributed by atoms with Gasteiger partial charge in [0, 0.05) is 12.0 Å². The predicted octanol–water partition coefficient (Wildman–Crippen LogP) is 3.66. The largest absolute Gasteiger partial charge is 0.490 e. The van der Waals surface area contributed by atoms with Crippen LogP contribution in [0.15, 0.2) is 42.5 Å². The van der Waals surface area contributed by atoms with Crippen LogP contribution in [0, 0.1) is 0 Å². The molecule has 0 saturated carbocycles. The van der Waals surface area contributed by atoms with E-state index in [4.69, 9.17) is 9.47 Å². The molecule has 0 radical (unpaired) electrons. The van der Waals surface area contributed by atoms with Gasteiger partial charge in [-0.3, -0.25) is 4.79 Å². The first kappa shape index (κ1) is 15.1. The van der Waals surface area contributed by atoms with Gasteiger partial charge in [0.25, 0.3) is 5.91 Å². The number of fused-ring (bicyclic) bond motifs is 2. The number of aryl methyl sites for hydroxylation is 1. The number of carbonyl (C=O) groups excluding carboxylic acids is 1. The van der Waals surface area contributed by atoms with Crippen LogP contribution in [0.4, 0.5) is 0 Å². The van der Waals surface area contributed by atoms with Crippen LogP contribution >= 0.6 is 0 Å². The summed E-state index contributed by atoms with van der Waals surface area (Å²) in [5.41, 5.74) is 3.20. The van der Waals surface area contributed by atoms with Gasteiger partial charge in [-0.25, -0.2) is 0 Å². The smallest absolute Gasteiger partial charge is 0.251 e. The van der Waals surface area contributed by atoms with Crippen molar-refractivity contribution in [3.8, 4) is 11.5 Å². The van der Waals surface area contributed by atoms with E-state index in [1.54, 1.807) is 12.1 Å². The SMILES string of the molecule is O=C(NC1CCCc2ccccc21)c1ccc2c(c1)OCCCO2. The monoisotopic (exact) mass is 323 g/mol. The normalized spacial score (nSPS) is 19.1. The molecule has 2 aliphatic rings. The molecule has 1 heterocycles. The minimum atomic E-state index is -0.0626. The van der Waals surface area contributed by atoms with Gasteiger partial charge in [0.15, 0.2) is 11.5 Å². The van der Waals surface area contributed by atoms with E-state index in [0.29, 0.717) is 30.3 Å². The molecule has 2 aromatic carbocycles. The summed E-state index contributed by atoms with van der Waals surface area (Å²) in [4.78, 5) is 12.7. The molecule has 4 heteroatoms. The molecular formula is C20H21NO3. The highest BCUT2D eigenvalue weighted by atomic mass is 16.5. The number of amides is 1. The summed E-state index contributed by atoms with van der Waals surface area (Å²) in [6.07, 6.45) is 4.03. The molecule has 24 heavy (non-hydrogen) atoms. The number of carbonyl (C=O) groups is 1. The van der Waals surface area contributed by atoms with Gasteiger partial charge >= 0.3 is 0 Å². The molecule has 4 rings (SSSR count). The van der Waals surface area contributed by atoms with E-state index in [9.17, 15) is 4.79 Å². The maximum atomic E-state index is 12.7. The number of hydrogen-bond acceptors (Lipinski definition) is 3. The summed E-state index contributed by atoms with van der Waals surface area (Å²) in [5.74, 6) is 1.31. The zero-order chi connectivity index (χ0) is 16.4. The Morgan fingerprint density at radius 3 is 2.75 bits per heavy atom. The molecular weight excluding hydrogens is 302 g/mol. The van der Waals surface area contributed by atoms with E-state index in [1.807, 2.05) is 12.1 Å². The molecule has 0 aromatic heterocycles. The van der Waals surface area contributed by atoms with E-state index >= 15 is 0 Å². The molecule has 1 atom stereocenters. The maximum Gasteiger partial charge on any atom is 0.251 e. The lowest BCUT2D eigenvalue weighted by Crippen LogP contribution is -2.30. The Hall–Kier alpha value is -2.49. The fourth-order valence-electron chi connectivity index (χ4n) is 3.45. The summed E-state index contributed by atoms with van der Waals surface area (Å²) >= 11 is 0. The number of nitrogens with one attached hydrogen (secondary N) is 1. The van der Waals surface area contributed by atoms with Crippen LogP contribution in [0.1, 0.15) is 46.8 Å². The zero-order valence-corrected chi connectivity index (χ0v) is 13.6. The topological polar surface area (TPSA) is 47.6 Å². The number of benzene rings is 2. The molecule has 4 nitrogen and oxygen atoms in total. The summed E-state index contributed by atoms with van der Waals surface area (Å²) in [6.45, 7) is 1.27. The van der Waals surface area contributed by atoms with Crippen LogP contribution in [0.3, 0.4) is 0 Å². The second-order valence-electron chi connectivity index (χ2n) is 6.33. The highest BCUT2D eigenvalue weighted by Crippen LogP contribution is 2.32. The maximum absolute atomic E-state index is 12.7. The first-order valence-electron chi connectivity index (χ1n) is 8.59. The van der Waals surface area contributed by atoms with Gasteiger partial charge in [0.2, 0.25) is 0 Å². The molecule has 1 amide bonds. The average Bonchev–Trinajstić information content (AvgIpc) is 2.86. The summed E-state index contributed by atoms with van der Waals surface area (Å²) in [7, 11) is 0. The van der Waals surface area contributed by atoms with Crippen molar-refractivity contribution in [1.29, 1.82) is 0 Å². The second kappa shape index (κ2) is 6.56. The van der Waals surface area contributed by atoms with Crippen molar-refractivity contribution < 1.29 is 14.3 Å². The highest BCUT2D eigenvalue weighted by molar-refractivity contribution is 5.95. The van der Waals surface area contributed by atoms with Gasteiger partial charge in [-0.2, -0.15) is 0 Å². The molecule has 1 aliphatic carbocycles. The Morgan fingerprint density at radius 1 is 1.00 bits per heavy atom. The number of rotatable bonds is 2. The van der Waals surface area contributed by atoms with Gasteiger partial charge in [-0.1, -0.05) is 24.3 Å². The molecule has 1 aliphatic heterocycles. The fraction of sp³-hybridized carbons (Fsp3) is 0.350. The van der Waals surface area contributed by atoms with Gasteiger partial charge in [-0.15, -0.1) is 0 Å². The second-order valence-corrected chi connectivity index (χ2v) is 6.33. The standard InChI is InChI=1S/C20H21NO3/c22-20(15-9-10-18-19(13-15)24-12-4-11-23-18)21-17-8-3-6-14-5-1-2-7-16(14)17/h1-2,5,7,9-10,13,17H,3-4,6,8,11-12H2,(H,21,22). The van der Waals surface area contributed by atoms with E-state index in [-0.39, 0.29) is 11.9 Å². The van der Waals surface area contributed by atoms with Crippen molar-refractivity contribution in [3.63, 3.8) is 0 Å². The lowest BCUT2D eigenvalue weighted by atomic mass is 9.87. The molecule has 0 fully saturated rings. The van der Waals surface area contributed by atoms with Crippen molar-refractivity contribution in [2.45, 2.75) is 31.7 Å². The van der Waals surface area contributed by atoms with Gasteiger partial charge in [0.05, 0.1) is 19.3 Å². The van der Waals surface area contributed by atoms with Crippen molar-refractivity contribution in [3.05, 3.63) is 59.2 Å². The Bertz CT molecular complexity index is 756. The van der Waals surface area contributed by atoms with E-state index in [0.717, 1.165) is 25.7 Å². The highest BCUT2D eigenvalue weighted by Gasteiger charge is 2.22. The minimum absolute atomic E-state index is 0.0626. The molecule has 0 bridgehead atoms. The quantitative estimate of drug-likeness (QED) is 0.917. The van der Waals surface area contributed by atoms with Crippen LogP contribution < -0.4 is 14.8 Å². The zero-order valence-electron chi connectivity index (χ0n) is 13.6. The Kier molecular flexibility index (Phi) is 4.11. The van der Waals surface area contributed by atoms with Gasteiger partial charge in [0.1, 0.15) is 0 Å². The Labute approximate surface area is 141 Å². The average molecular weight is 323 g/mol. The Morgan fingerprint density at radius 2 is 1.83 bits per heavy atom. The van der Waals surface area contributed by atoms with Crippen molar-refractivity contribution in [1.82, 2.24) is 5.32 Å². The third-order valence-electron chi connectivity index (χ3n) is 4.68. The van der Waals surface area contributed by atoms with Crippen LogP contribution in [-0.2, 0) is 6.42 Å². The van der Waals surface area contributed by atoms with Crippen molar-refractivity contribution in [2.75, 3.05) is 13.2 Å². The third kappa shape index (κ3) is 2.96. The molecule has 2 aromatic rings. The first-order valence-corrected chi connectivity index (χ1v) is 8.59. The number of hydrogen-bond donors (Lipinski definition) is 1.